The van der Waals surface area contributed by atoms with Crippen LogP contribution in [-0.2, 0) is 22.2 Å². The molecule has 35 heavy (non-hydrogen) atoms. The molecule has 2 aliphatic rings. The summed E-state index contributed by atoms with van der Waals surface area (Å²) in [7, 11) is 0. The van der Waals surface area contributed by atoms with E-state index in [0.29, 0.717) is 50.5 Å². The maximum absolute atomic E-state index is 13.3. The summed E-state index contributed by atoms with van der Waals surface area (Å²) < 4.78 is 41.0. The molecule has 2 amide bonds. The Morgan fingerprint density at radius 3 is 2.63 bits per heavy atom. The predicted octanol–water partition coefficient (Wildman–Crippen LogP) is 3.55. The number of hydrogen-bond donors (Lipinski definition) is 0. The van der Waals surface area contributed by atoms with Gasteiger partial charge in [0.1, 0.15) is 5.82 Å². The molecule has 184 valence electrons. The number of benzene rings is 1. The first kappa shape index (κ1) is 23.3. The molecular weight excluding hydrogens is 459 g/mol. The van der Waals surface area contributed by atoms with Crippen molar-refractivity contribution in [3.63, 3.8) is 0 Å². The van der Waals surface area contributed by atoms with E-state index in [1.54, 1.807) is 9.80 Å². The van der Waals surface area contributed by atoms with E-state index in [1.165, 1.54) is 10.5 Å². The van der Waals surface area contributed by atoms with Gasteiger partial charge in [0.2, 0.25) is 11.8 Å². The zero-order valence-electron chi connectivity index (χ0n) is 19.1. The van der Waals surface area contributed by atoms with Gasteiger partial charge in [-0.05, 0) is 37.0 Å². The normalized spacial score (nSPS) is 21.2. The van der Waals surface area contributed by atoms with Crippen molar-refractivity contribution in [3.05, 3.63) is 65.6 Å². The van der Waals surface area contributed by atoms with Crippen LogP contribution in [0.5, 0.6) is 0 Å². The highest BCUT2D eigenvalue weighted by atomic mass is 19.4. The first-order chi connectivity index (χ1) is 16.8. The highest BCUT2D eigenvalue weighted by Gasteiger charge is 2.38. The van der Waals surface area contributed by atoms with Crippen LogP contribution in [0.2, 0.25) is 0 Å². The van der Waals surface area contributed by atoms with Crippen molar-refractivity contribution in [2.75, 3.05) is 26.2 Å². The van der Waals surface area contributed by atoms with Crippen molar-refractivity contribution < 1.29 is 22.8 Å². The molecule has 1 aromatic carbocycles. The van der Waals surface area contributed by atoms with Crippen molar-refractivity contribution >= 4 is 17.5 Å². The minimum atomic E-state index is -4.47. The number of pyridine rings is 1. The first-order valence-electron chi connectivity index (χ1n) is 11.8. The monoisotopic (exact) mass is 485 g/mol. The van der Waals surface area contributed by atoms with Crippen LogP contribution in [-0.4, -0.2) is 62.4 Å². The minimum absolute atomic E-state index is 0.0176. The minimum Gasteiger partial charge on any atom is -0.342 e. The molecule has 0 N–H and O–H groups in total. The Kier molecular flexibility index (Phi) is 6.21. The smallest absolute Gasteiger partial charge is 0.342 e. The summed E-state index contributed by atoms with van der Waals surface area (Å²) in [5.74, 6) is -0.289. The van der Waals surface area contributed by atoms with E-state index >= 15 is 0 Å². The number of carbonyl (C=O) groups is 2. The van der Waals surface area contributed by atoms with Gasteiger partial charge in [0.15, 0.2) is 5.65 Å². The molecule has 5 rings (SSSR count). The lowest BCUT2D eigenvalue weighted by molar-refractivity contribution is -0.138. The number of likely N-dealkylation sites (tertiary alicyclic amines) is 2. The van der Waals surface area contributed by atoms with Gasteiger partial charge in [0, 0.05) is 44.7 Å². The van der Waals surface area contributed by atoms with E-state index in [1.807, 2.05) is 30.3 Å². The number of hydrogen-bond acceptors (Lipinski definition) is 4. The summed E-state index contributed by atoms with van der Waals surface area (Å²) >= 11 is 0. The van der Waals surface area contributed by atoms with Crippen LogP contribution >= 0.6 is 0 Å². The maximum atomic E-state index is 13.3. The number of rotatable bonds is 5. The van der Waals surface area contributed by atoms with Crippen LogP contribution in [0.4, 0.5) is 13.2 Å². The van der Waals surface area contributed by atoms with E-state index in [0.717, 1.165) is 24.2 Å². The Hall–Kier alpha value is -3.43. The van der Waals surface area contributed by atoms with Gasteiger partial charge in [-0.2, -0.15) is 13.2 Å². The largest absolute Gasteiger partial charge is 0.417 e. The molecule has 7 nitrogen and oxygen atoms in total. The van der Waals surface area contributed by atoms with Gasteiger partial charge in [0.25, 0.3) is 0 Å². The Bertz CT molecular complexity index is 1230. The molecule has 2 unspecified atom stereocenters. The Labute approximate surface area is 200 Å². The van der Waals surface area contributed by atoms with Gasteiger partial charge in [-0.25, -0.2) is 0 Å². The zero-order valence-corrected chi connectivity index (χ0v) is 19.1. The molecule has 2 saturated heterocycles. The molecule has 0 bridgehead atoms. The molecule has 2 atom stereocenters. The van der Waals surface area contributed by atoms with E-state index < -0.39 is 17.7 Å². The molecule has 10 heteroatoms. The molecule has 0 radical (unpaired) electrons. The fourth-order valence-electron chi connectivity index (χ4n) is 5.06. The average molecular weight is 486 g/mol. The maximum Gasteiger partial charge on any atom is 0.417 e. The highest BCUT2D eigenvalue weighted by molar-refractivity contribution is 5.89. The van der Waals surface area contributed by atoms with Gasteiger partial charge in [-0.15, -0.1) is 10.2 Å². The summed E-state index contributed by atoms with van der Waals surface area (Å²) in [5, 5.41) is 8.18. The number of amides is 2. The lowest BCUT2D eigenvalue weighted by Crippen LogP contribution is -2.43. The van der Waals surface area contributed by atoms with E-state index in [9.17, 15) is 22.8 Å². The number of aromatic nitrogens is 3. The number of carbonyl (C=O) groups excluding carboxylic acids is 2. The molecule has 3 aromatic rings. The molecular formula is C25H26F3N5O2. The van der Waals surface area contributed by atoms with Crippen LogP contribution in [0.15, 0.2) is 48.7 Å². The molecule has 2 aliphatic heterocycles. The Balaban J connectivity index is 1.25. The third-order valence-electron chi connectivity index (χ3n) is 6.93. The highest BCUT2D eigenvalue weighted by Crippen LogP contribution is 2.32. The molecule has 0 aliphatic carbocycles. The number of alkyl halides is 3. The van der Waals surface area contributed by atoms with Crippen LogP contribution in [0.3, 0.4) is 0 Å². The number of nitrogens with zero attached hydrogens (tertiary/aromatic N) is 5. The average Bonchev–Trinajstić information content (AvgIpc) is 3.45. The predicted molar refractivity (Wildman–Crippen MR) is 121 cm³/mol. The molecule has 0 saturated carbocycles. The SMILES string of the molecule is O=C1CC(C(=O)N2CCCC(c3nnc4ccc(C(F)(F)F)cn34)C2)CN1CCc1ccccc1. The van der Waals surface area contributed by atoms with Crippen molar-refractivity contribution in [3.8, 4) is 0 Å². The van der Waals surface area contributed by atoms with Crippen molar-refractivity contribution in [1.29, 1.82) is 0 Å². The van der Waals surface area contributed by atoms with Crippen LogP contribution in [0, 0.1) is 5.92 Å². The first-order valence-corrected chi connectivity index (χ1v) is 11.8. The van der Waals surface area contributed by atoms with E-state index in [2.05, 4.69) is 10.2 Å². The summed E-state index contributed by atoms with van der Waals surface area (Å²) in [6.45, 7) is 1.89. The lowest BCUT2D eigenvalue weighted by Gasteiger charge is -2.33. The second-order valence-corrected chi connectivity index (χ2v) is 9.30. The summed E-state index contributed by atoms with van der Waals surface area (Å²) in [6, 6.07) is 12.2. The molecule has 4 heterocycles. The molecule has 2 fully saturated rings. The Morgan fingerprint density at radius 1 is 1.06 bits per heavy atom. The third kappa shape index (κ3) is 4.87. The Morgan fingerprint density at radius 2 is 1.86 bits per heavy atom. The summed E-state index contributed by atoms with van der Waals surface area (Å²) in [5.41, 5.74) is 0.713. The van der Waals surface area contributed by atoms with Gasteiger partial charge in [-0.1, -0.05) is 30.3 Å². The zero-order chi connectivity index (χ0) is 24.6. The van der Waals surface area contributed by atoms with Crippen molar-refractivity contribution in [1.82, 2.24) is 24.4 Å². The van der Waals surface area contributed by atoms with Crippen molar-refractivity contribution in [2.45, 2.75) is 37.8 Å². The standard InChI is InChI=1S/C25H26F3N5O2/c26-25(27,28)20-8-9-21-29-30-23(33(21)16-20)18-7-4-11-32(14-18)24(35)19-13-22(34)31(15-19)12-10-17-5-2-1-3-6-17/h1-3,5-6,8-9,16,18-19H,4,7,10-15H2. The number of halogens is 3. The quantitative estimate of drug-likeness (QED) is 0.554. The van der Waals surface area contributed by atoms with Gasteiger partial charge in [0.05, 0.1) is 11.5 Å². The van der Waals surface area contributed by atoms with Crippen LogP contribution in [0.25, 0.3) is 5.65 Å². The number of fused-ring (bicyclic) bond motifs is 1. The lowest BCUT2D eigenvalue weighted by atomic mass is 9.95. The molecule has 0 spiro atoms. The van der Waals surface area contributed by atoms with Crippen LogP contribution in [0.1, 0.15) is 42.1 Å². The fourth-order valence-corrected chi connectivity index (χ4v) is 5.06. The van der Waals surface area contributed by atoms with E-state index in [4.69, 9.17) is 0 Å². The van der Waals surface area contributed by atoms with Crippen molar-refractivity contribution in [2.24, 2.45) is 5.92 Å². The number of piperidine rings is 1. The van der Waals surface area contributed by atoms with Gasteiger partial charge in [-0.3, -0.25) is 14.0 Å². The summed E-state index contributed by atoms with van der Waals surface area (Å²) in [6.07, 6.45) is -1.11. The fraction of sp³-hybridized carbons (Fsp3) is 0.440. The summed E-state index contributed by atoms with van der Waals surface area (Å²) in [4.78, 5) is 29.3. The topological polar surface area (TPSA) is 70.8 Å². The van der Waals surface area contributed by atoms with Gasteiger partial charge < -0.3 is 9.80 Å². The van der Waals surface area contributed by atoms with Gasteiger partial charge >= 0.3 is 6.18 Å². The second-order valence-electron chi connectivity index (χ2n) is 9.30. The third-order valence-corrected chi connectivity index (χ3v) is 6.93. The van der Waals surface area contributed by atoms with E-state index in [-0.39, 0.29) is 24.2 Å². The second kappa shape index (κ2) is 9.31. The molecule has 2 aromatic heterocycles. The van der Waals surface area contributed by atoms with Crippen LogP contribution < -0.4 is 0 Å².